The van der Waals surface area contributed by atoms with Gasteiger partial charge in [0, 0.05) is 12.5 Å². The Morgan fingerprint density at radius 1 is 1.29 bits per heavy atom. The molecule has 0 heterocycles. The molecule has 0 spiro atoms. The zero-order chi connectivity index (χ0) is 10.8. The maximum absolute atomic E-state index is 11.4. The number of carbonyl (C=O) groups is 1. The number of amides is 1. The summed E-state index contributed by atoms with van der Waals surface area (Å²) >= 11 is 0. The Morgan fingerprint density at radius 2 is 2.00 bits per heavy atom. The summed E-state index contributed by atoms with van der Waals surface area (Å²) < 4.78 is 0. The first-order valence-corrected chi connectivity index (χ1v) is 5.70. The minimum atomic E-state index is 0.166. The molecule has 0 aliphatic rings. The molecule has 0 bridgehead atoms. The van der Waals surface area contributed by atoms with E-state index in [1.165, 1.54) is 0 Å². The second-order valence-corrected chi connectivity index (χ2v) is 3.69. The van der Waals surface area contributed by atoms with E-state index < -0.39 is 0 Å². The second-order valence-electron chi connectivity index (χ2n) is 3.69. The Morgan fingerprint density at radius 3 is 2.57 bits per heavy atom. The van der Waals surface area contributed by atoms with E-state index in [-0.39, 0.29) is 11.8 Å². The highest BCUT2D eigenvalue weighted by molar-refractivity contribution is 5.78. The maximum Gasteiger partial charge on any atom is 0.222 e. The largest absolute Gasteiger partial charge is 0.356 e. The van der Waals surface area contributed by atoms with E-state index in [1.807, 2.05) is 6.92 Å². The third-order valence-corrected chi connectivity index (χ3v) is 2.25. The summed E-state index contributed by atoms with van der Waals surface area (Å²) in [5, 5.41) is 6.17. The summed E-state index contributed by atoms with van der Waals surface area (Å²) in [5.41, 5.74) is 0. The molecule has 0 aromatic carbocycles. The number of carbonyl (C=O) groups excluding carboxylic acids is 1. The minimum Gasteiger partial charge on any atom is -0.356 e. The van der Waals surface area contributed by atoms with Crippen LogP contribution in [0.5, 0.6) is 0 Å². The van der Waals surface area contributed by atoms with Gasteiger partial charge < -0.3 is 10.6 Å². The Balaban J connectivity index is 3.34. The Bertz CT molecular complexity index is 148. The van der Waals surface area contributed by atoms with E-state index >= 15 is 0 Å². The van der Waals surface area contributed by atoms with Crippen molar-refractivity contribution >= 4 is 5.91 Å². The zero-order valence-corrected chi connectivity index (χ0v) is 9.73. The molecule has 0 fully saturated rings. The third kappa shape index (κ3) is 6.89. The lowest BCUT2D eigenvalue weighted by atomic mass is 10.1. The van der Waals surface area contributed by atoms with Crippen molar-refractivity contribution in [1.29, 1.82) is 0 Å². The van der Waals surface area contributed by atoms with Crippen LogP contribution >= 0.6 is 0 Å². The van der Waals surface area contributed by atoms with Gasteiger partial charge in [0.2, 0.25) is 5.91 Å². The van der Waals surface area contributed by atoms with E-state index in [0.717, 1.165) is 38.9 Å². The molecule has 0 saturated carbocycles. The van der Waals surface area contributed by atoms with Gasteiger partial charge >= 0.3 is 0 Å². The minimum absolute atomic E-state index is 0.166. The van der Waals surface area contributed by atoms with Gasteiger partial charge in [0.15, 0.2) is 0 Å². The van der Waals surface area contributed by atoms with E-state index in [4.69, 9.17) is 0 Å². The third-order valence-electron chi connectivity index (χ3n) is 2.25. The lowest BCUT2D eigenvalue weighted by molar-refractivity contribution is -0.124. The monoisotopic (exact) mass is 200 g/mol. The average molecular weight is 200 g/mol. The van der Waals surface area contributed by atoms with Crippen molar-refractivity contribution < 1.29 is 4.79 Å². The lowest BCUT2D eigenvalue weighted by Gasteiger charge is -2.10. The van der Waals surface area contributed by atoms with E-state index in [1.54, 1.807) is 0 Å². The van der Waals surface area contributed by atoms with Crippen LogP contribution in [0.1, 0.15) is 40.0 Å². The Kier molecular flexibility index (Phi) is 8.64. The van der Waals surface area contributed by atoms with E-state index in [0.29, 0.717) is 0 Å². The summed E-state index contributed by atoms with van der Waals surface area (Å²) in [7, 11) is 0. The predicted octanol–water partition coefficient (Wildman–Crippen LogP) is 1.54. The number of nitrogens with one attached hydrogen (secondary N) is 2. The smallest absolute Gasteiger partial charge is 0.222 e. The lowest BCUT2D eigenvalue weighted by Crippen LogP contribution is -2.31. The van der Waals surface area contributed by atoms with Crippen molar-refractivity contribution in [2.75, 3.05) is 19.6 Å². The molecule has 0 rings (SSSR count). The van der Waals surface area contributed by atoms with Gasteiger partial charge in [-0.15, -0.1) is 0 Å². The first kappa shape index (κ1) is 13.4. The van der Waals surface area contributed by atoms with Gasteiger partial charge in [0.1, 0.15) is 0 Å². The standard InChI is InChI=1S/C11H24N2O/c1-4-7-10(3)11(14)13-9-6-8-12-5-2/h10,12H,4-9H2,1-3H3,(H,13,14). The van der Waals surface area contributed by atoms with Gasteiger partial charge in [0.25, 0.3) is 0 Å². The highest BCUT2D eigenvalue weighted by Gasteiger charge is 2.09. The van der Waals surface area contributed by atoms with Crippen LogP contribution in [0.2, 0.25) is 0 Å². The molecule has 0 aromatic rings. The fourth-order valence-corrected chi connectivity index (χ4v) is 1.34. The zero-order valence-electron chi connectivity index (χ0n) is 9.73. The van der Waals surface area contributed by atoms with Crippen molar-refractivity contribution in [2.45, 2.75) is 40.0 Å². The molecule has 1 amide bonds. The molecular weight excluding hydrogens is 176 g/mol. The van der Waals surface area contributed by atoms with E-state index in [9.17, 15) is 4.79 Å². The number of hydrogen-bond donors (Lipinski definition) is 2. The highest BCUT2D eigenvalue weighted by atomic mass is 16.1. The molecule has 0 aromatic heterocycles. The molecule has 84 valence electrons. The average Bonchev–Trinajstić information content (AvgIpc) is 2.17. The van der Waals surface area contributed by atoms with Gasteiger partial charge in [-0.2, -0.15) is 0 Å². The summed E-state index contributed by atoms with van der Waals surface area (Å²) in [4.78, 5) is 11.4. The van der Waals surface area contributed by atoms with Crippen LogP contribution in [-0.2, 0) is 4.79 Å². The molecular formula is C11H24N2O. The van der Waals surface area contributed by atoms with Crippen molar-refractivity contribution in [3.05, 3.63) is 0 Å². The van der Waals surface area contributed by atoms with Crippen molar-refractivity contribution in [2.24, 2.45) is 5.92 Å². The predicted molar refractivity (Wildman–Crippen MR) is 60.2 cm³/mol. The van der Waals surface area contributed by atoms with Crippen LogP contribution in [0, 0.1) is 5.92 Å². The second kappa shape index (κ2) is 9.00. The van der Waals surface area contributed by atoms with Crippen LogP contribution in [0.3, 0.4) is 0 Å². The van der Waals surface area contributed by atoms with Crippen LogP contribution in [0.4, 0.5) is 0 Å². The summed E-state index contributed by atoms with van der Waals surface area (Å²) in [6.07, 6.45) is 3.07. The molecule has 1 unspecified atom stereocenters. The molecule has 1 atom stereocenters. The maximum atomic E-state index is 11.4. The van der Waals surface area contributed by atoms with Crippen molar-refractivity contribution in [3.63, 3.8) is 0 Å². The SMILES string of the molecule is CCCC(C)C(=O)NCCCNCC. The normalized spacial score (nSPS) is 12.5. The first-order chi connectivity index (χ1) is 6.72. The highest BCUT2D eigenvalue weighted by Crippen LogP contribution is 2.03. The fourth-order valence-electron chi connectivity index (χ4n) is 1.34. The van der Waals surface area contributed by atoms with Gasteiger partial charge in [-0.25, -0.2) is 0 Å². The summed E-state index contributed by atoms with van der Waals surface area (Å²) in [6, 6.07) is 0. The Hall–Kier alpha value is -0.570. The van der Waals surface area contributed by atoms with Crippen molar-refractivity contribution in [1.82, 2.24) is 10.6 Å². The molecule has 0 saturated heterocycles. The fraction of sp³-hybridized carbons (Fsp3) is 0.909. The van der Waals surface area contributed by atoms with Gasteiger partial charge in [-0.05, 0) is 25.9 Å². The molecule has 3 nitrogen and oxygen atoms in total. The summed E-state index contributed by atoms with van der Waals surface area (Å²) in [6.45, 7) is 8.96. The van der Waals surface area contributed by atoms with E-state index in [2.05, 4.69) is 24.5 Å². The van der Waals surface area contributed by atoms with Crippen LogP contribution in [0.15, 0.2) is 0 Å². The van der Waals surface area contributed by atoms with Gasteiger partial charge in [-0.1, -0.05) is 27.2 Å². The van der Waals surface area contributed by atoms with Gasteiger partial charge in [-0.3, -0.25) is 4.79 Å². The van der Waals surface area contributed by atoms with Crippen LogP contribution in [0.25, 0.3) is 0 Å². The molecule has 14 heavy (non-hydrogen) atoms. The van der Waals surface area contributed by atoms with Crippen LogP contribution in [-0.4, -0.2) is 25.5 Å². The summed E-state index contributed by atoms with van der Waals surface area (Å²) in [5.74, 6) is 0.363. The quantitative estimate of drug-likeness (QED) is 0.584. The molecule has 2 N–H and O–H groups in total. The van der Waals surface area contributed by atoms with Crippen LogP contribution < -0.4 is 10.6 Å². The van der Waals surface area contributed by atoms with Gasteiger partial charge in [0.05, 0.1) is 0 Å². The number of rotatable bonds is 8. The molecule has 0 aliphatic carbocycles. The first-order valence-electron chi connectivity index (χ1n) is 5.70. The molecule has 0 radical (unpaired) electrons. The topological polar surface area (TPSA) is 41.1 Å². The molecule has 0 aliphatic heterocycles. The van der Waals surface area contributed by atoms with Crippen molar-refractivity contribution in [3.8, 4) is 0 Å². The molecule has 3 heteroatoms. The number of hydrogen-bond acceptors (Lipinski definition) is 2. The Labute approximate surface area is 87.6 Å².